The summed E-state index contributed by atoms with van der Waals surface area (Å²) in [5, 5.41) is 14.1. The van der Waals surface area contributed by atoms with Crippen LogP contribution in [0.15, 0.2) is 48.8 Å². The van der Waals surface area contributed by atoms with Gasteiger partial charge in [-0.2, -0.15) is 0 Å². The van der Waals surface area contributed by atoms with Gasteiger partial charge in [0.2, 0.25) is 11.6 Å². The van der Waals surface area contributed by atoms with Crippen LogP contribution in [0.25, 0.3) is 0 Å². The van der Waals surface area contributed by atoms with Crippen molar-refractivity contribution in [3.8, 4) is 0 Å². The van der Waals surface area contributed by atoms with Gasteiger partial charge in [-0.3, -0.25) is 25.8 Å². The van der Waals surface area contributed by atoms with Gasteiger partial charge in [0.15, 0.2) is 0 Å². The number of nitrogens with zero attached hydrogens (tertiary/aromatic N) is 3. The number of nitro groups is 1. The second-order valence-electron chi connectivity index (χ2n) is 5.88. The quantitative estimate of drug-likeness (QED) is 0.410. The van der Waals surface area contributed by atoms with E-state index in [9.17, 15) is 19.3 Å². The number of amides is 1. The van der Waals surface area contributed by atoms with Gasteiger partial charge < -0.3 is 5.32 Å². The van der Waals surface area contributed by atoms with Crippen LogP contribution in [0.1, 0.15) is 15.9 Å². The first-order valence-electron chi connectivity index (χ1n) is 8.19. The van der Waals surface area contributed by atoms with Crippen LogP contribution in [-0.2, 0) is 0 Å². The molecule has 1 amide bonds. The summed E-state index contributed by atoms with van der Waals surface area (Å²) in [6.45, 7) is 1.88. The number of hydrogen-bond acceptors (Lipinski definition) is 7. The average Bonchev–Trinajstić information content (AvgIpc) is 2.69. The van der Waals surface area contributed by atoms with E-state index in [0.717, 1.165) is 18.0 Å². The van der Waals surface area contributed by atoms with Crippen molar-refractivity contribution in [1.82, 2.24) is 15.4 Å². The number of carbonyl (C=O) groups is 1. The third kappa shape index (κ3) is 4.74. The number of rotatable bonds is 6. The third-order valence-corrected chi connectivity index (χ3v) is 4.09. The molecule has 3 rings (SSSR count). The maximum atomic E-state index is 13.3. The van der Waals surface area contributed by atoms with E-state index >= 15 is 0 Å². The first-order chi connectivity index (χ1) is 13.8. The maximum absolute atomic E-state index is 13.3. The van der Waals surface area contributed by atoms with E-state index < -0.39 is 22.3 Å². The lowest BCUT2D eigenvalue weighted by Crippen LogP contribution is -2.30. The summed E-state index contributed by atoms with van der Waals surface area (Å²) in [6, 6.07) is 10.5. The molecule has 9 nitrogen and oxygen atoms in total. The number of anilines is 3. The minimum atomic E-state index is -0.714. The van der Waals surface area contributed by atoms with Gasteiger partial charge in [0.05, 0.1) is 9.95 Å². The molecule has 0 spiro atoms. The summed E-state index contributed by atoms with van der Waals surface area (Å²) in [5.41, 5.74) is 5.90. The Morgan fingerprint density at radius 1 is 1.14 bits per heavy atom. The molecule has 0 saturated carbocycles. The zero-order valence-corrected chi connectivity index (χ0v) is 15.7. The highest BCUT2D eigenvalue weighted by Crippen LogP contribution is 2.31. The fraction of sp³-hybridized carbons (Fsp3) is 0.0556. The molecule has 0 bridgehead atoms. The Labute approximate surface area is 169 Å². The molecule has 1 aromatic heterocycles. The molecular weight excluding hydrogens is 403 g/mol. The molecule has 11 heteroatoms. The SMILES string of the molecule is Cc1ccc(C(=O)NNc2ncnc(Nc3ccc(F)c(Cl)c3)c2[N+](=O)[O-])cc1. The summed E-state index contributed by atoms with van der Waals surface area (Å²) >= 11 is 5.72. The average molecular weight is 417 g/mol. The van der Waals surface area contributed by atoms with Crippen molar-refractivity contribution in [2.45, 2.75) is 6.92 Å². The molecule has 29 heavy (non-hydrogen) atoms. The molecule has 0 atom stereocenters. The normalized spacial score (nSPS) is 10.3. The zero-order chi connectivity index (χ0) is 21.0. The largest absolute Gasteiger partial charge is 0.355 e. The second-order valence-corrected chi connectivity index (χ2v) is 6.28. The number of halogens is 2. The Balaban J connectivity index is 1.82. The number of aromatic nitrogens is 2. The van der Waals surface area contributed by atoms with E-state index in [4.69, 9.17) is 11.6 Å². The number of benzene rings is 2. The van der Waals surface area contributed by atoms with Gasteiger partial charge in [-0.1, -0.05) is 29.3 Å². The molecular formula is C18H14ClFN6O3. The van der Waals surface area contributed by atoms with Gasteiger partial charge >= 0.3 is 5.69 Å². The lowest BCUT2D eigenvalue weighted by Gasteiger charge is -2.11. The van der Waals surface area contributed by atoms with E-state index in [1.54, 1.807) is 24.3 Å². The van der Waals surface area contributed by atoms with Crippen molar-refractivity contribution < 1.29 is 14.1 Å². The highest BCUT2D eigenvalue weighted by molar-refractivity contribution is 6.31. The van der Waals surface area contributed by atoms with Crippen molar-refractivity contribution in [2.75, 3.05) is 10.7 Å². The molecule has 1 heterocycles. The van der Waals surface area contributed by atoms with Crippen LogP contribution in [0.4, 0.5) is 27.4 Å². The zero-order valence-electron chi connectivity index (χ0n) is 14.9. The van der Waals surface area contributed by atoms with Crippen LogP contribution in [0.3, 0.4) is 0 Å². The fourth-order valence-electron chi connectivity index (χ4n) is 2.34. The lowest BCUT2D eigenvalue weighted by molar-refractivity contribution is -0.383. The summed E-state index contributed by atoms with van der Waals surface area (Å²) in [4.78, 5) is 30.7. The number of hydrogen-bond donors (Lipinski definition) is 3. The summed E-state index contributed by atoms with van der Waals surface area (Å²) in [5.74, 6) is -1.53. The Morgan fingerprint density at radius 3 is 2.48 bits per heavy atom. The van der Waals surface area contributed by atoms with Crippen molar-refractivity contribution in [2.24, 2.45) is 0 Å². The van der Waals surface area contributed by atoms with Crippen LogP contribution < -0.4 is 16.2 Å². The molecule has 3 aromatic rings. The minimum Gasteiger partial charge on any atom is -0.334 e. The number of aryl methyl sites for hydroxylation is 1. The van der Waals surface area contributed by atoms with Gasteiger partial charge in [0.1, 0.15) is 12.1 Å². The molecule has 0 saturated heterocycles. The van der Waals surface area contributed by atoms with E-state index in [2.05, 4.69) is 26.1 Å². The van der Waals surface area contributed by atoms with E-state index in [1.165, 1.54) is 12.1 Å². The minimum absolute atomic E-state index is 0.157. The third-order valence-electron chi connectivity index (χ3n) is 3.80. The van der Waals surface area contributed by atoms with Crippen LogP contribution in [-0.4, -0.2) is 20.8 Å². The van der Waals surface area contributed by atoms with Gasteiger partial charge in [-0.05, 0) is 37.3 Å². The van der Waals surface area contributed by atoms with Crippen molar-refractivity contribution in [1.29, 1.82) is 0 Å². The number of hydrazine groups is 1. The molecule has 0 fully saturated rings. The standard InChI is InChI=1S/C18H14ClFN6O3/c1-10-2-4-11(5-3-10)18(27)25-24-17-15(26(28)29)16(21-9-22-17)23-12-6-7-14(20)13(19)8-12/h2-9H,1H3,(H,25,27)(H2,21,22,23,24). The summed E-state index contributed by atoms with van der Waals surface area (Å²) in [6.07, 6.45) is 1.07. The Kier molecular flexibility index (Phi) is 5.84. The van der Waals surface area contributed by atoms with Crippen molar-refractivity contribution >= 4 is 40.5 Å². The fourth-order valence-corrected chi connectivity index (χ4v) is 2.52. The maximum Gasteiger partial charge on any atom is 0.355 e. The first kappa shape index (κ1) is 20.0. The second kappa shape index (κ2) is 8.48. The Bertz CT molecular complexity index is 1080. The molecule has 0 aliphatic rings. The van der Waals surface area contributed by atoms with Crippen LogP contribution >= 0.6 is 11.6 Å². The van der Waals surface area contributed by atoms with Crippen LogP contribution in [0.2, 0.25) is 5.02 Å². The Morgan fingerprint density at radius 2 is 1.83 bits per heavy atom. The predicted octanol–water partition coefficient (Wildman–Crippen LogP) is 3.99. The Hall–Kier alpha value is -3.79. The topological polar surface area (TPSA) is 122 Å². The molecule has 0 aliphatic heterocycles. The van der Waals surface area contributed by atoms with Crippen molar-refractivity contribution in [3.63, 3.8) is 0 Å². The molecule has 0 radical (unpaired) electrons. The highest BCUT2D eigenvalue weighted by atomic mass is 35.5. The molecule has 2 aromatic carbocycles. The summed E-state index contributed by atoms with van der Waals surface area (Å²) < 4.78 is 13.3. The van der Waals surface area contributed by atoms with Crippen molar-refractivity contribution in [3.05, 3.63) is 80.9 Å². The smallest absolute Gasteiger partial charge is 0.334 e. The lowest BCUT2D eigenvalue weighted by atomic mass is 10.1. The number of nitrogens with one attached hydrogen (secondary N) is 3. The summed E-state index contributed by atoms with van der Waals surface area (Å²) in [7, 11) is 0. The first-order valence-corrected chi connectivity index (χ1v) is 8.57. The highest BCUT2D eigenvalue weighted by Gasteiger charge is 2.24. The number of carbonyl (C=O) groups excluding carboxylic acids is 1. The van der Waals surface area contributed by atoms with Gasteiger partial charge in [-0.15, -0.1) is 0 Å². The molecule has 0 aliphatic carbocycles. The van der Waals surface area contributed by atoms with Gasteiger partial charge in [0, 0.05) is 11.3 Å². The van der Waals surface area contributed by atoms with Gasteiger partial charge in [-0.25, -0.2) is 14.4 Å². The molecule has 3 N–H and O–H groups in total. The molecule has 148 valence electrons. The van der Waals surface area contributed by atoms with E-state index in [-0.39, 0.29) is 22.3 Å². The van der Waals surface area contributed by atoms with Crippen LogP contribution in [0, 0.1) is 22.9 Å². The van der Waals surface area contributed by atoms with E-state index in [0.29, 0.717) is 5.56 Å². The van der Waals surface area contributed by atoms with E-state index in [1.807, 2.05) is 6.92 Å². The molecule has 0 unspecified atom stereocenters. The monoisotopic (exact) mass is 416 g/mol. The van der Waals surface area contributed by atoms with Gasteiger partial charge in [0.25, 0.3) is 5.91 Å². The van der Waals surface area contributed by atoms with Crippen LogP contribution in [0.5, 0.6) is 0 Å². The predicted molar refractivity (Wildman–Crippen MR) is 106 cm³/mol.